The Balaban J connectivity index is 1.89. The van der Waals surface area contributed by atoms with Crippen LogP contribution in [-0.2, 0) is 4.74 Å². The minimum absolute atomic E-state index is 0.0959. The van der Waals surface area contributed by atoms with Gasteiger partial charge in [-0.3, -0.25) is 0 Å². The molecule has 0 aliphatic rings. The molecule has 0 bridgehead atoms. The van der Waals surface area contributed by atoms with Gasteiger partial charge in [0.2, 0.25) is 0 Å². The van der Waals surface area contributed by atoms with Crippen molar-refractivity contribution in [3.05, 3.63) is 47.8 Å². The lowest BCUT2D eigenvalue weighted by molar-refractivity contribution is -0.0186. The number of nitrogens with one attached hydrogen (secondary N) is 1. The largest absolute Gasteiger partial charge is 0.488 e. The van der Waals surface area contributed by atoms with E-state index in [0.717, 1.165) is 27.9 Å². The molecule has 30 heavy (non-hydrogen) atoms. The summed E-state index contributed by atoms with van der Waals surface area (Å²) in [5.41, 5.74) is 8.44. The van der Waals surface area contributed by atoms with Crippen LogP contribution in [0.4, 0.5) is 4.79 Å². The Labute approximate surface area is 175 Å². The Kier molecular flexibility index (Phi) is 5.97. The monoisotopic (exact) mass is 406 g/mol. The molecule has 0 spiro atoms. The van der Waals surface area contributed by atoms with E-state index in [-0.39, 0.29) is 12.5 Å². The van der Waals surface area contributed by atoms with Crippen molar-refractivity contribution in [1.29, 1.82) is 5.26 Å². The van der Waals surface area contributed by atoms with Crippen LogP contribution in [-0.4, -0.2) is 28.3 Å². The summed E-state index contributed by atoms with van der Waals surface area (Å²) >= 11 is 0. The van der Waals surface area contributed by atoms with Gasteiger partial charge in [0.05, 0.1) is 5.56 Å². The maximum atomic E-state index is 11.3. The van der Waals surface area contributed by atoms with Gasteiger partial charge in [-0.15, -0.1) is 0 Å². The second-order valence-electron chi connectivity index (χ2n) is 8.15. The third-order valence-corrected chi connectivity index (χ3v) is 4.80. The summed E-state index contributed by atoms with van der Waals surface area (Å²) in [7, 11) is 0. The Morgan fingerprint density at radius 2 is 2.10 bits per heavy atom. The van der Waals surface area contributed by atoms with Crippen molar-refractivity contribution in [2.45, 2.75) is 39.7 Å². The number of nitriles is 1. The normalized spacial score (nSPS) is 13.1. The molecule has 0 radical (unpaired) electrons. The number of pyridine rings is 1. The van der Waals surface area contributed by atoms with Crippen molar-refractivity contribution in [2.75, 3.05) is 6.61 Å². The van der Waals surface area contributed by atoms with Gasteiger partial charge in [0.25, 0.3) is 0 Å². The number of aromatic nitrogens is 2. The summed E-state index contributed by atoms with van der Waals surface area (Å²) in [5, 5.41) is 10.7. The van der Waals surface area contributed by atoms with Crippen molar-refractivity contribution in [2.24, 2.45) is 11.7 Å². The van der Waals surface area contributed by atoms with Gasteiger partial charge < -0.3 is 20.2 Å². The molecule has 3 aromatic rings. The summed E-state index contributed by atoms with van der Waals surface area (Å²) in [4.78, 5) is 18.9. The quantitative estimate of drug-likeness (QED) is 0.591. The van der Waals surface area contributed by atoms with Gasteiger partial charge in [-0.25, -0.2) is 9.78 Å². The Hall–Kier alpha value is -3.53. The molecule has 3 N–H and O–H groups in total. The number of nitrogens with zero attached hydrogens (tertiary/aromatic N) is 2. The Morgan fingerprint density at radius 1 is 1.33 bits per heavy atom. The van der Waals surface area contributed by atoms with Crippen LogP contribution >= 0.6 is 0 Å². The van der Waals surface area contributed by atoms with Gasteiger partial charge in [-0.05, 0) is 61.6 Å². The topological polar surface area (TPSA) is 114 Å². The molecule has 2 heterocycles. The van der Waals surface area contributed by atoms with E-state index in [0.29, 0.717) is 17.7 Å². The first-order chi connectivity index (χ1) is 14.2. The number of carbonyl (C=O) groups is 1. The second-order valence-corrected chi connectivity index (χ2v) is 8.15. The van der Waals surface area contributed by atoms with Crippen molar-refractivity contribution in [3.63, 3.8) is 0 Å². The van der Waals surface area contributed by atoms with E-state index in [4.69, 9.17) is 15.2 Å². The maximum absolute atomic E-state index is 11.3. The van der Waals surface area contributed by atoms with Gasteiger partial charge in [0.15, 0.2) is 0 Å². The highest BCUT2D eigenvalue weighted by Crippen LogP contribution is 2.32. The average Bonchev–Trinajstić information content (AvgIpc) is 3.05. The summed E-state index contributed by atoms with van der Waals surface area (Å²) < 4.78 is 11.2. The van der Waals surface area contributed by atoms with Crippen molar-refractivity contribution in [3.8, 4) is 22.9 Å². The highest BCUT2D eigenvalue weighted by molar-refractivity contribution is 5.93. The molecule has 0 saturated heterocycles. The van der Waals surface area contributed by atoms with E-state index < -0.39 is 11.7 Å². The molecule has 0 aliphatic heterocycles. The minimum atomic E-state index is -0.884. The van der Waals surface area contributed by atoms with Gasteiger partial charge in [0, 0.05) is 17.3 Å². The third kappa shape index (κ3) is 4.71. The first kappa shape index (κ1) is 21.2. The van der Waals surface area contributed by atoms with Crippen LogP contribution in [0.1, 0.15) is 38.4 Å². The number of amides is 1. The third-order valence-electron chi connectivity index (χ3n) is 4.80. The van der Waals surface area contributed by atoms with Crippen LogP contribution in [0.15, 0.2) is 36.5 Å². The minimum Gasteiger partial charge on any atom is -0.488 e. The molecule has 156 valence electrons. The standard InChI is InChI=1S/C23H26N4O3/c1-14(2)11-23(4,30-22(25)28)13-29-20-6-5-16(10-17(20)12-24)18-7-8-26-21-19(18)9-15(3)27-21/h5-10,14H,11,13H2,1-4H3,(H2,25,28)(H,26,27)/t23-/m0/s1. The zero-order valence-electron chi connectivity index (χ0n) is 17.7. The van der Waals surface area contributed by atoms with E-state index in [1.54, 1.807) is 25.3 Å². The van der Waals surface area contributed by atoms with Gasteiger partial charge in [0.1, 0.15) is 29.7 Å². The van der Waals surface area contributed by atoms with Crippen LogP contribution in [0.2, 0.25) is 0 Å². The highest BCUT2D eigenvalue weighted by Gasteiger charge is 2.30. The van der Waals surface area contributed by atoms with Gasteiger partial charge in [-0.1, -0.05) is 19.9 Å². The first-order valence-electron chi connectivity index (χ1n) is 9.81. The molecular weight excluding hydrogens is 380 g/mol. The zero-order valence-corrected chi connectivity index (χ0v) is 17.7. The molecule has 1 amide bonds. The van der Waals surface area contributed by atoms with E-state index in [2.05, 4.69) is 16.0 Å². The van der Waals surface area contributed by atoms with Gasteiger partial charge >= 0.3 is 6.09 Å². The average molecular weight is 406 g/mol. The number of aromatic amines is 1. The maximum Gasteiger partial charge on any atom is 0.405 e. The molecule has 1 aromatic carbocycles. The Morgan fingerprint density at radius 3 is 2.77 bits per heavy atom. The number of primary amides is 1. The Bertz CT molecular complexity index is 1110. The molecule has 2 aromatic heterocycles. The number of hydrogen-bond donors (Lipinski definition) is 2. The molecule has 0 saturated carbocycles. The number of hydrogen-bond acceptors (Lipinski definition) is 5. The molecule has 7 heteroatoms. The molecule has 7 nitrogen and oxygen atoms in total. The predicted octanol–water partition coefficient (Wildman–Crippen LogP) is 4.69. The molecule has 0 unspecified atom stereocenters. The number of rotatable bonds is 7. The first-order valence-corrected chi connectivity index (χ1v) is 9.81. The smallest absolute Gasteiger partial charge is 0.405 e. The lowest BCUT2D eigenvalue weighted by atomic mass is 9.95. The summed E-state index contributed by atoms with van der Waals surface area (Å²) in [5.74, 6) is 0.703. The fraction of sp³-hybridized carbons (Fsp3) is 0.348. The highest BCUT2D eigenvalue weighted by atomic mass is 16.6. The fourth-order valence-corrected chi connectivity index (χ4v) is 3.79. The molecule has 1 atom stereocenters. The van der Waals surface area contributed by atoms with E-state index >= 15 is 0 Å². The summed E-state index contributed by atoms with van der Waals surface area (Å²) in [6.07, 6.45) is 1.47. The van der Waals surface area contributed by atoms with Crippen molar-refractivity contribution >= 4 is 17.1 Å². The molecular formula is C23H26N4O3. The number of nitrogens with two attached hydrogens (primary N) is 1. The van der Waals surface area contributed by atoms with Crippen LogP contribution in [0.25, 0.3) is 22.2 Å². The van der Waals surface area contributed by atoms with E-state index in [1.807, 2.05) is 39.0 Å². The lowest BCUT2D eigenvalue weighted by Gasteiger charge is -2.30. The number of benzene rings is 1. The van der Waals surface area contributed by atoms with E-state index in [9.17, 15) is 10.1 Å². The van der Waals surface area contributed by atoms with Crippen LogP contribution in [0.5, 0.6) is 5.75 Å². The number of aryl methyl sites for hydroxylation is 1. The van der Waals surface area contributed by atoms with Crippen LogP contribution < -0.4 is 10.5 Å². The lowest BCUT2D eigenvalue weighted by Crippen LogP contribution is -2.41. The molecule has 0 fully saturated rings. The van der Waals surface area contributed by atoms with Crippen LogP contribution in [0.3, 0.4) is 0 Å². The van der Waals surface area contributed by atoms with Crippen molar-refractivity contribution in [1.82, 2.24) is 9.97 Å². The summed E-state index contributed by atoms with van der Waals surface area (Å²) in [6, 6.07) is 11.6. The molecule has 0 aliphatic carbocycles. The van der Waals surface area contributed by atoms with Crippen LogP contribution in [0, 0.1) is 24.2 Å². The second kappa shape index (κ2) is 8.46. The fourth-order valence-electron chi connectivity index (χ4n) is 3.79. The number of fused-ring (bicyclic) bond motifs is 1. The summed E-state index contributed by atoms with van der Waals surface area (Å²) in [6.45, 7) is 7.90. The van der Waals surface area contributed by atoms with Gasteiger partial charge in [-0.2, -0.15) is 5.26 Å². The number of H-pyrrole nitrogens is 1. The van der Waals surface area contributed by atoms with Crippen molar-refractivity contribution < 1.29 is 14.3 Å². The zero-order chi connectivity index (χ0) is 21.9. The molecule has 3 rings (SSSR count). The number of carbonyl (C=O) groups excluding carboxylic acids is 1. The predicted molar refractivity (Wildman–Crippen MR) is 115 cm³/mol. The van der Waals surface area contributed by atoms with E-state index in [1.165, 1.54) is 0 Å². The SMILES string of the molecule is Cc1cc2c(-c3ccc(OC[C@](C)(CC(C)C)OC(N)=O)c(C#N)c3)ccnc2[nH]1. The number of ether oxygens (including phenoxy) is 2.